The van der Waals surface area contributed by atoms with Crippen LogP contribution in [0.25, 0.3) is 0 Å². The Morgan fingerprint density at radius 2 is 1.96 bits per heavy atom. The van der Waals surface area contributed by atoms with Crippen LogP contribution in [0.2, 0.25) is 0 Å². The Bertz CT molecular complexity index is 576. The van der Waals surface area contributed by atoms with Crippen LogP contribution in [0, 0.1) is 0 Å². The Hall–Kier alpha value is -2.32. The molecule has 0 unspecified atom stereocenters. The zero-order chi connectivity index (χ0) is 18.6. The van der Waals surface area contributed by atoms with Crippen LogP contribution in [0.4, 0.5) is 4.79 Å². The molecule has 1 aliphatic rings. The van der Waals surface area contributed by atoms with Crippen molar-refractivity contribution < 1.29 is 23.8 Å². The number of carbonyl (C=O) groups is 2. The van der Waals surface area contributed by atoms with E-state index in [1.54, 1.807) is 6.92 Å². The zero-order valence-corrected chi connectivity index (χ0v) is 15.2. The van der Waals surface area contributed by atoms with Crippen molar-refractivity contribution in [3.8, 4) is 5.75 Å². The number of nitrogens with one attached hydrogen (secondary N) is 2. The molecule has 0 radical (unpaired) electrons. The first-order chi connectivity index (χ1) is 12.7. The molecule has 8 heteroatoms. The molecule has 0 atom stereocenters. The lowest BCUT2D eigenvalue weighted by Crippen LogP contribution is -2.39. The number of esters is 1. The fraction of sp³-hybridized carbons (Fsp3) is 0.556. The largest absolute Gasteiger partial charge is 0.492 e. The SMILES string of the molecule is CCOC(=O)CNC(=O)NCc1ccccc1OCCN1CCOCC1. The van der Waals surface area contributed by atoms with Gasteiger partial charge in [0.05, 0.1) is 19.8 Å². The first-order valence-corrected chi connectivity index (χ1v) is 8.87. The third-order valence-corrected chi connectivity index (χ3v) is 3.88. The number of amides is 2. The molecule has 1 heterocycles. The summed E-state index contributed by atoms with van der Waals surface area (Å²) in [4.78, 5) is 25.3. The van der Waals surface area contributed by atoms with Crippen LogP contribution in [-0.4, -0.2) is 69.5 Å². The van der Waals surface area contributed by atoms with Crippen molar-refractivity contribution in [1.82, 2.24) is 15.5 Å². The number of para-hydroxylation sites is 1. The molecular weight excluding hydrogens is 338 g/mol. The molecule has 0 aromatic heterocycles. The highest BCUT2D eigenvalue weighted by atomic mass is 16.5. The molecule has 0 bridgehead atoms. The van der Waals surface area contributed by atoms with E-state index in [4.69, 9.17) is 14.2 Å². The quantitative estimate of drug-likeness (QED) is 0.628. The highest BCUT2D eigenvalue weighted by molar-refractivity contribution is 5.80. The summed E-state index contributed by atoms with van der Waals surface area (Å²) >= 11 is 0. The van der Waals surface area contributed by atoms with E-state index in [-0.39, 0.29) is 13.2 Å². The van der Waals surface area contributed by atoms with E-state index in [0.29, 0.717) is 13.2 Å². The van der Waals surface area contributed by atoms with E-state index in [2.05, 4.69) is 15.5 Å². The Balaban J connectivity index is 1.73. The maximum Gasteiger partial charge on any atom is 0.325 e. The molecule has 26 heavy (non-hydrogen) atoms. The van der Waals surface area contributed by atoms with Gasteiger partial charge in [-0.2, -0.15) is 0 Å². The van der Waals surface area contributed by atoms with Gasteiger partial charge in [-0.25, -0.2) is 4.79 Å². The lowest BCUT2D eigenvalue weighted by Gasteiger charge is -2.26. The molecule has 1 aromatic rings. The summed E-state index contributed by atoms with van der Waals surface area (Å²) in [7, 11) is 0. The maximum absolute atomic E-state index is 11.8. The van der Waals surface area contributed by atoms with Crippen molar-refractivity contribution in [3.63, 3.8) is 0 Å². The van der Waals surface area contributed by atoms with Crippen molar-refractivity contribution >= 4 is 12.0 Å². The van der Waals surface area contributed by atoms with E-state index in [9.17, 15) is 9.59 Å². The minimum absolute atomic E-state index is 0.155. The lowest BCUT2D eigenvalue weighted by atomic mass is 10.2. The molecule has 0 aliphatic carbocycles. The van der Waals surface area contributed by atoms with E-state index in [1.165, 1.54) is 0 Å². The van der Waals surface area contributed by atoms with Crippen LogP contribution in [0.15, 0.2) is 24.3 Å². The topological polar surface area (TPSA) is 89.1 Å². The molecule has 1 saturated heterocycles. The molecule has 1 fully saturated rings. The Morgan fingerprint density at radius 3 is 2.73 bits per heavy atom. The van der Waals surface area contributed by atoms with Gasteiger partial charge in [0, 0.05) is 31.7 Å². The standard InChI is InChI=1S/C18H27N3O5/c1-2-25-17(22)14-20-18(23)19-13-15-5-3-4-6-16(15)26-12-9-21-7-10-24-11-8-21/h3-6H,2,7-14H2,1H3,(H2,19,20,23). The lowest BCUT2D eigenvalue weighted by molar-refractivity contribution is -0.141. The summed E-state index contributed by atoms with van der Waals surface area (Å²) in [6.07, 6.45) is 0. The van der Waals surface area contributed by atoms with E-state index >= 15 is 0 Å². The fourth-order valence-corrected chi connectivity index (χ4v) is 2.50. The smallest absolute Gasteiger partial charge is 0.325 e. The Kier molecular flexibility index (Phi) is 8.71. The van der Waals surface area contributed by atoms with Gasteiger partial charge in [-0.1, -0.05) is 18.2 Å². The van der Waals surface area contributed by atoms with Crippen LogP contribution in [0.5, 0.6) is 5.75 Å². The average molecular weight is 365 g/mol. The Labute approximate surface area is 153 Å². The maximum atomic E-state index is 11.8. The second kappa shape index (κ2) is 11.3. The molecule has 2 amide bonds. The monoisotopic (exact) mass is 365 g/mol. The number of benzene rings is 1. The van der Waals surface area contributed by atoms with Gasteiger partial charge in [-0.05, 0) is 13.0 Å². The summed E-state index contributed by atoms with van der Waals surface area (Å²) in [5, 5.41) is 5.17. The highest BCUT2D eigenvalue weighted by Gasteiger charge is 2.11. The van der Waals surface area contributed by atoms with Crippen molar-refractivity contribution in [1.29, 1.82) is 0 Å². The predicted molar refractivity (Wildman–Crippen MR) is 96.1 cm³/mol. The van der Waals surface area contributed by atoms with Crippen molar-refractivity contribution in [2.75, 3.05) is 52.6 Å². The average Bonchev–Trinajstić information content (AvgIpc) is 2.67. The highest BCUT2D eigenvalue weighted by Crippen LogP contribution is 2.17. The zero-order valence-electron chi connectivity index (χ0n) is 15.2. The van der Waals surface area contributed by atoms with Gasteiger partial charge in [0.25, 0.3) is 0 Å². The van der Waals surface area contributed by atoms with Gasteiger partial charge in [0.15, 0.2) is 0 Å². The predicted octanol–water partition coefficient (Wildman–Crippen LogP) is 0.760. The first kappa shape index (κ1) is 20.0. The van der Waals surface area contributed by atoms with E-state index in [0.717, 1.165) is 44.2 Å². The summed E-state index contributed by atoms with van der Waals surface area (Å²) in [6.45, 7) is 6.95. The van der Waals surface area contributed by atoms with Gasteiger partial charge >= 0.3 is 12.0 Å². The number of carbonyl (C=O) groups excluding carboxylic acids is 2. The number of hydrogen-bond donors (Lipinski definition) is 2. The molecule has 2 N–H and O–H groups in total. The van der Waals surface area contributed by atoms with Gasteiger partial charge in [0.2, 0.25) is 0 Å². The molecule has 1 aliphatic heterocycles. The third-order valence-electron chi connectivity index (χ3n) is 3.88. The summed E-state index contributed by atoms with van der Waals surface area (Å²) in [5.41, 5.74) is 0.876. The van der Waals surface area contributed by atoms with Crippen LogP contribution >= 0.6 is 0 Å². The third kappa shape index (κ3) is 7.28. The van der Waals surface area contributed by atoms with Crippen molar-refractivity contribution in [3.05, 3.63) is 29.8 Å². The molecule has 2 rings (SSSR count). The summed E-state index contributed by atoms with van der Waals surface area (Å²) < 4.78 is 16.0. The molecule has 0 saturated carbocycles. The van der Waals surface area contributed by atoms with Gasteiger partial charge in [-0.3, -0.25) is 9.69 Å². The van der Waals surface area contributed by atoms with Gasteiger partial charge in [0.1, 0.15) is 18.9 Å². The van der Waals surface area contributed by atoms with Crippen LogP contribution in [0.3, 0.4) is 0 Å². The molecule has 1 aromatic carbocycles. The minimum atomic E-state index is -0.463. The molecule has 144 valence electrons. The van der Waals surface area contributed by atoms with Crippen LogP contribution in [-0.2, 0) is 20.8 Å². The number of urea groups is 1. The normalized spacial score (nSPS) is 14.5. The van der Waals surface area contributed by atoms with E-state index < -0.39 is 12.0 Å². The van der Waals surface area contributed by atoms with Crippen LogP contribution < -0.4 is 15.4 Å². The number of rotatable bonds is 9. The fourth-order valence-electron chi connectivity index (χ4n) is 2.50. The van der Waals surface area contributed by atoms with Crippen molar-refractivity contribution in [2.24, 2.45) is 0 Å². The number of ether oxygens (including phenoxy) is 3. The molecule has 0 spiro atoms. The Morgan fingerprint density at radius 1 is 1.19 bits per heavy atom. The molecule has 8 nitrogen and oxygen atoms in total. The minimum Gasteiger partial charge on any atom is -0.492 e. The second-order valence-corrected chi connectivity index (χ2v) is 5.75. The summed E-state index contributed by atoms with van der Waals surface area (Å²) in [5.74, 6) is 0.279. The summed E-state index contributed by atoms with van der Waals surface area (Å²) in [6, 6.07) is 7.14. The van der Waals surface area contributed by atoms with Gasteiger partial charge in [-0.15, -0.1) is 0 Å². The number of morpholine rings is 1. The second-order valence-electron chi connectivity index (χ2n) is 5.75. The van der Waals surface area contributed by atoms with Gasteiger partial charge < -0.3 is 24.8 Å². The number of hydrogen-bond acceptors (Lipinski definition) is 6. The number of nitrogens with zero attached hydrogens (tertiary/aromatic N) is 1. The first-order valence-electron chi connectivity index (χ1n) is 8.87. The van der Waals surface area contributed by atoms with E-state index in [1.807, 2.05) is 24.3 Å². The molecular formula is C18H27N3O5. The van der Waals surface area contributed by atoms with Crippen LogP contribution in [0.1, 0.15) is 12.5 Å². The van der Waals surface area contributed by atoms with Crippen molar-refractivity contribution in [2.45, 2.75) is 13.5 Å².